The number of nitrogens with one attached hydrogen (secondary N) is 1. The second-order valence-corrected chi connectivity index (χ2v) is 5.14. The topological polar surface area (TPSA) is 55.1 Å². The van der Waals surface area contributed by atoms with Crippen LogP contribution < -0.4 is 11.1 Å². The minimum atomic E-state index is 0.118. The Bertz CT molecular complexity index is 450. The zero-order valence-electron chi connectivity index (χ0n) is 10.7. The number of hydrogen-bond donors (Lipinski definition) is 2. The van der Waals surface area contributed by atoms with Crippen LogP contribution in [0.3, 0.4) is 0 Å². The maximum Gasteiger partial charge on any atom is 0.227 e. The van der Waals surface area contributed by atoms with E-state index in [9.17, 15) is 4.79 Å². The van der Waals surface area contributed by atoms with Gasteiger partial charge in [-0.05, 0) is 55.9 Å². The predicted molar refractivity (Wildman–Crippen MR) is 70.8 cm³/mol. The van der Waals surface area contributed by atoms with Gasteiger partial charge in [0.1, 0.15) is 0 Å². The fraction of sp³-hybridized carbons (Fsp3) is 0.500. The standard InChI is InChI=1S/C14H20N2O/c1-8-7-13(9(2)6-12(8)15)16-14(17)10(3)11-4-5-11/h6-7,10-11H,4-5,15H2,1-3H3,(H,16,17). The van der Waals surface area contributed by atoms with Gasteiger partial charge in [-0.2, -0.15) is 0 Å². The molecular formula is C14H20N2O. The lowest BCUT2D eigenvalue weighted by Gasteiger charge is -2.14. The number of nitrogens with two attached hydrogens (primary N) is 1. The molecule has 0 heterocycles. The number of carbonyl (C=O) groups excluding carboxylic acids is 1. The molecule has 2 rings (SSSR count). The molecular weight excluding hydrogens is 212 g/mol. The first kappa shape index (κ1) is 12.0. The SMILES string of the molecule is Cc1cc(NC(=O)C(C)C2CC2)c(C)cc1N. The largest absolute Gasteiger partial charge is 0.399 e. The smallest absolute Gasteiger partial charge is 0.227 e. The molecule has 1 unspecified atom stereocenters. The summed E-state index contributed by atoms with van der Waals surface area (Å²) >= 11 is 0. The Hall–Kier alpha value is -1.51. The summed E-state index contributed by atoms with van der Waals surface area (Å²) in [6.07, 6.45) is 2.38. The van der Waals surface area contributed by atoms with Crippen molar-refractivity contribution in [1.82, 2.24) is 0 Å². The van der Waals surface area contributed by atoms with Gasteiger partial charge in [-0.3, -0.25) is 4.79 Å². The van der Waals surface area contributed by atoms with Gasteiger partial charge in [-0.15, -0.1) is 0 Å². The summed E-state index contributed by atoms with van der Waals surface area (Å²) in [4.78, 5) is 12.0. The second kappa shape index (κ2) is 4.40. The Balaban J connectivity index is 2.12. The fourth-order valence-corrected chi connectivity index (χ4v) is 2.03. The summed E-state index contributed by atoms with van der Waals surface area (Å²) in [5.41, 5.74) is 9.51. The van der Waals surface area contributed by atoms with E-state index in [1.165, 1.54) is 12.8 Å². The second-order valence-electron chi connectivity index (χ2n) is 5.14. The summed E-state index contributed by atoms with van der Waals surface area (Å²) in [6, 6.07) is 3.86. The van der Waals surface area contributed by atoms with Crippen LogP contribution >= 0.6 is 0 Å². The third-order valence-corrected chi connectivity index (χ3v) is 3.61. The lowest BCUT2D eigenvalue weighted by molar-refractivity contribution is -0.119. The van der Waals surface area contributed by atoms with E-state index in [1.807, 2.05) is 32.9 Å². The minimum Gasteiger partial charge on any atom is -0.399 e. The highest BCUT2D eigenvalue weighted by Crippen LogP contribution is 2.37. The van der Waals surface area contributed by atoms with E-state index in [4.69, 9.17) is 5.73 Å². The van der Waals surface area contributed by atoms with Gasteiger partial charge >= 0.3 is 0 Å². The summed E-state index contributed by atoms with van der Waals surface area (Å²) in [5, 5.41) is 3.00. The van der Waals surface area contributed by atoms with Crippen molar-refractivity contribution < 1.29 is 4.79 Å². The van der Waals surface area contributed by atoms with Gasteiger partial charge in [0.05, 0.1) is 0 Å². The highest BCUT2D eigenvalue weighted by molar-refractivity contribution is 5.93. The highest BCUT2D eigenvalue weighted by atomic mass is 16.1. The molecule has 3 heteroatoms. The van der Waals surface area contributed by atoms with Crippen molar-refractivity contribution in [2.24, 2.45) is 11.8 Å². The highest BCUT2D eigenvalue weighted by Gasteiger charge is 2.32. The average Bonchev–Trinajstić information content (AvgIpc) is 3.08. The summed E-state index contributed by atoms with van der Waals surface area (Å²) in [6.45, 7) is 5.93. The third-order valence-electron chi connectivity index (χ3n) is 3.61. The molecule has 92 valence electrons. The fourth-order valence-electron chi connectivity index (χ4n) is 2.03. The molecule has 0 aromatic heterocycles. The third kappa shape index (κ3) is 2.60. The molecule has 1 atom stereocenters. The van der Waals surface area contributed by atoms with Gasteiger partial charge in [0.2, 0.25) is 5.91 Å². The van der Waals surface area contributed by atoms with Crippen molar-refractivity contribution in [3.05, 3.63) is 23.3 Å². The van der Waals surface area contributed by atoms with Gasteiger partial charge in [0, 0.05) is 17.3 Å². The number of rotatable bonds is 3. The van der Waals surface area contributed by atoms with Crippen molar-refractivity contribution >= 4 is 17.3 Å². The van der Waals surface area contributed by atoms with Gasteiger partial charge in [-0.1, -0.05) is 6.92 Å². The van der Waals surface area contributed by atoms with E-state index >= 15 is 0 Å². The predicted octanol–water partition coefficient (Wildman–Crippen LogP) is 2.87. The van der Waals surface area contributed by atoms with Gasteiger partial charge < -0.3 is 11.1 Å². The van der Waals surface area contributed by atoms with Crippen molar-refractivity contribution in [3.63, 3.8) is 0 Å². The molecule has 1 amide bonds. The zero-order valence-corrected chi connectivity index (χ0v) is 10.7. The summed E-state index contributed by atoms with van der Waals surface area (Å²) < 4.78 is 0. The van der Waals surface area contributed by atoms with Crippen LogP contribution in [-0.2, 0) is 4.79 Å². The quantitative estimate of drug-likeness (QED) is 0.787. The zero-order chi connectivity index (χ0) is 12.6. The van der Waals surface area contributed by atoms with Crippen LogP contribution in [0.2, 0.25) is 0 Å². The maximum absolute atomic E-state index is 12.0. The summed E-state index contributed by atoms with van der Waals surface area (Å²) in [7, 11) is 0. The van der Waals surface area contributed by atoms with Crippen molar-refractivity contribution in [3.8, 4) is 0 Å². The molecule has 0 saturated heterocycles. The van der Waals surface area contributed by atoms with Crippen LogP contribution in [0.5, 0.6) is 0 Å². The van der Waals surface area contributed by atoms with Crippen LogP contribution in [-0.4, -0.2) is 5.91 Å². The Labute approximate surface area is 102 Å². The van der Waals surface area contributed by atoms with Crippen LogP contribution in [0.15, 0.2) is 12.1 Å². The van der Waals surface area contributed by atoms with E-state index in [1.54, 1.807) is 0 Å². The van der Waals surface area contributed by atoms with Crippen molar-refractivity contribution in [2.75, 3.05) is 11.1 Å². The molecule has 0 spiro atoms. The van der Waals surface area contributed by atoms with Crippen LogP contribution in [0, 0.1) is 25.7 Å². The molecule has 3 nitrogen and oxygen atoms in total. The van der Waals surface area contributed by atoms with Crippen LogP contribution in [0.4, 0.5) is 11.4 Å². The molecule has 1 aromatic carbocycles. The van der Waals surface area contributed by atoms with E-state index in [0.29, 0.717) is 5.92 Å². The van der Waals surface area contributed by atoms with Crippen LogP contribution in [0.25, 0.3) is 0 Å². The first-order valence-corrected chi connectivity index (χ1v) is 6.16. The van der Waals surface area contributed by atoms with Crippen molar-refractivity contribution in [1.29, 1.82) is 0 Å². The van der Waals surface area contributed by atoms with E-state index in [-0.39, 0.29) is 11.8 Å². The Morgan fingerprint density at radius 1 is 1.35 bits per heavy atom. The Morgan fingerprint density at radius 2 is 2.00 bits per heavy atom. The monoisotopic (exact) mass is 232 g/mol. The molecule has 1 aliphatic rings. The lowest BCUT2D eigenvalue weighted by Crippen LogP contribution is -2.22. The number of hydrogen-bond acceptors (Lipinski definition) is 2. The van der Waals surface area contributed by atoms with Crippen molar-refractivity contribution in [2.45, 2.75) is 33.6 Å². The van der Waals surface area contributed by atoms with Gasteiger partial charge in [-0.25, -0.2) is 0 Å². The molecule has 0 aliphatic heterocycles. The lowest BCUT2D eigenvalue weighted by atomic mass is 10.0. The molecule has 1 aromatic rings. The molecule has 0 radical (unpaired) electrons. The Kier molecular flexibility index (Phi) is 3.09. The molecule has 1 aliphatic carbocycles. The van der Waals surface area contributed by atoms with Gasteiger partial charge in [0.25, 0.3) is 0 Å². The minimum absolute atomic E-state index is 0.118. The molecule has 3 N–H and O–H groups in total. The first-order valence-electron chi connectivity index (χ1n) is 6.16. The molecule has 1 fully saturated rings. The number of carbonyl (C=O) groups is 1. The van der Waals surface area contributed by atoms with E-state index < -0.39 is 0 Å². The first-order chi connectivity index (χ1) is 7.99. The molecule has 1 saturated carbocycles. The molecule has 17 heavy (non-hydrogen) atoms. The number of anilines is 2. The number of benzene rings is 1. The number of amides is 1. The Morgan fingerprint density at radius 3 is 2.59 bits per heavy atom. The number of nitrogen functional groups attached to an aromatic ring is 1. The summed E-state index contributed by atoms with van der Waals surface area (Å²) in [5.74, 6) is 0.831. The number of aryl methyl sites for hydroxylation is 2. The van der Waals surface area contributed by atoms with E-state index in [0.717, 1.165) is 22.5 Å². The normalized spacial score (nSPS) is 16.6. The van der Waals surface area contributed by atoms with E-state index in [2.05, 4.69) is 5.32 Å². The average molecular weight is 232 g/mol. The maximum atomic E-state index is 12.0. The molecule has 0 bridgehead atoms. The van der Waals surface area contributed by atoms with Crippen LogP contribution in [0.1, 0.15) is 30.9 Å². The van der Waals surface area contributed by atoms with Gasteiger partial charge in [0.15, 0.2) is 0 Å².